The van der Waals surface area contributed by atoms with Gasteiger partial charge in [0.1, 0.15) is 13.2 Å². The molecule has 0 amide bonds. The Morgan fingerprint density at radius 2 is 2.00 bits per heavy atom. The lowest BCUT2D eigenvalue weighted by Crippen LogP contribution is -2.21. The monoisotopic (exact) mass is 437 g/mol. The van der Waals surface area contributed by atoms with Crippen LogP contribution in [0.15, 0.2) is 46.6 Å². The highest BCUT2D eigenvalue weighted by atomic mass is 32.2. The lowest BCUT2D eigenvalue weighted by atomic mass is 10.1. The van der Waals surface area contributed by atoms with Crippen molar-refractivity contribution in [1.82, 2.24) is 24.1 Å². The number of rotatable bonds is 6. The zero-order valence-electron chi connectivity index (χ0n) is 17.4. The van der Waals surface area contributed by atoms with Crippen molar-refractivity contribution in [3.8, 4) is 11.5 Å². The van der Waals surface area contributed by atoms with Crippen molar-refractivity contribution >= 4 is 28.4 Å². The molecule has 4 aromatic rings. The van der Waals surface area contributed by atoms with Crippen LogP contribution in [-0.4, -0.2) is 37.4 Å². The lowest BCUT2D eigenvalue weighted by Gasteiger charge is -2.18. The number of benzene rings is 1. The summed E-state index contributed by atoms with van der Waals surface area (Å²) in [6.45, 7) is 6.14. The summed E-state index contributed by atoms with van der Waals surface area (Å²) in [4.78, 5) is 21.7. The molecule has 0 atom stereocenters. The van der Waals surface area contributed by atoms with E-state index in [4.69, 9.17) is 9.47 Å². The minimum Gasteiger partial charge on any atom is -0.486 e. The Labute approximate surface area is 183 Å². The SMILES string of the molecule is CC(C)CCn1ccc2c(cnc3nc(SCc4ccc5c(c4)OCCO5)nn32)c1=O. The zero-order chi connectivity index (χ0) is 21.4. The third-order valence-corrected chi connectivity index (χ3v) is 6.12. The van der Waals surface area contributed by atoms with E-state index in [2.05, 4.69) is 28.9 Å². The fourth-order valence-electron chi connectivity index (χ4n) is 3.50. The van der Waals surface area contributed by atoms with E-state index in [1.807, 2.05) is 30.5 Å². The van der Waals surface area contributed by atoms with Crippen molar-refractivity contribution in [3.05, 3.63) is 52.6 Å². The summed E-state index contributed by atoms with van der Waals surface area (Å²) in [5, 5.41) is 5.75. The van der Waals surface area contributed by atoms with E-state index in [0.717, 1.165) is 29.0 Å². The first-order valence-corrected chi connectivity index (χ1v) is 11.3. The third kappa shape index (κ3) is 3.97. The topological polar surface area (TPSA) is 83.5 Å². The maximum atomic E-state index is 12.9. The Morgan fingerprint density at radius 3 is 2.84 bits per heavy atom. The van der Waals surface area contributed by atoms with Crippen molar-refractivity contribution < 1.29 is 9.47 Å². The predicted molar refractivity (Wildman–Crippen MR) is 119 cm³/mol. The molecule has 0 N–H and O–H groups in total. The molecule has 0 fully saturated rings. The molecule has 5 rings (SSSR count). The number of aromatic nitrogens is 5. The van der Waals surface area contributed by atoms with Gasteiger partial charge in [-0.15, -0.1) is 5.10 Å². The number of nitrogens with zero attached hydrogens (tertiary/aromatic N) is 5. The van der Waals surface area contributed by atoms with Gasteiger partial charge < -0.3 is 14.0 Å². The molecule has 0 saturated carbocycles. The first-order chi connectivity index (χ1) is 15.1. The van der Waals surface area contributed by atoms with Crippen LogP contribution >= 0.6 is 11.8 Å². The molecule has 0 bridgehead atoms. The van der Waals surface area contributed by atoms with Gasteiger partial charge in [-0.3, -0.25) is 4.79 Å². The van der Waals surface area contributed by atoms with E-state index in [0.29, 0.717) is 47.7 Å². The first-order valence-electron chi connectivity index (χ1n) is 10.3. The quantitative estimate of drug-likeness (QED) is 0.427. The van der Waals surface area contributed by atoms with Crippen LogP contribution in [0.4, 0.5) is 0 Å². The number of thioether (sulfide) groups is 1. The Balaban J connectivity index is 1.40. The van der Waals surface area contributed by atoms with Crippen molar-refractivity contribution in [3.63, 3.8) is 0 Å². The molecular formula is C22H23N5O3S. The van der Waals surface area contributed by atoms with E-state index < -0.39 is 0 Å². The van der Waals surface area contributed by atoms with Crippen LogP contribution in [0.3, 0.4) is 0 Å². The second kappa shape index (κ2) is 8.22. The van der Waals surface area contributed by atoms with Gasteiger partial charge in [-0.05, 0) is 36.1 Å². The van der Waals surface area contributed by atoms with Gasteiger partial charge in [0.15, 0.2) is 11.5 Å². The average molecular weight is 438 g/mol. The van der Waals surface area contributed by atoms with Crippen LogP contribution in [0, 0.1) is 5.92 Å². The molecule has 3 aromatic heterocycles. The van der Waals surface area contributed by atoms with Crippen molar-refractivity contribution in [2.75, 3.05) is 13.2 Å². The summed E-state index contributed by atoms with van der Waals surface area (Å²) < 4.78 is 14.6. The van der Waals surface area contributed by atoms with Crippen LogP contribution in [0.1, 0.15) is 25.8 Å². The molecule has 0 saturated heterocycles. The molecule has 1 aromatic carbocycles. The van der Waals surface area contributed by atoms with E-state index in [1.54, 1.807) is 15.3 Å². The molecule has 0 spiro atoms. The summed E-state index contributed by atoms with van der Waals surface area (Å²) in [6.07, 6.45) is 4.38. The number of pyridine rings is 1. The lowest BCUT2D eigenvalue weighted by molar-refractivity contribution is 0.171. The van der Waals surface area contributed by atoms with Gasteiger partial charge in [0.25, 0.3) is 11.3 Å². The summed E-state index contributed by atoms with van der Waals surface area (Å²) in [5.74, 6) is 3.26. The highest BCUT2D eigenvalue weighted by Crippen LogP contribution is 2.32. The molecule has 9 heteroatoms. The van der Waals surface area contributed by atoms with Gasteiger partial charge in [0.05, 0.1) is 10.9 Å². The first kappa shape index (κ1) is 19.9. The number of hydrogen-bond donors (Lipinski definition) is 0. The van der Waals surface area contributed by atoms with Crippen LogP contribution in [0.25, 0.3) is 16.7 Å². The summed E-state index contributed by atoms with van der Waals surface area (Å²) >= 11 is 1.51. The minimum atomic E-state index is -0.0477. The molecule has 1 aliphatic rings. The fraction of sp³-hybridized carbons (Fsp3) is 0.364. The normalized spacial score (nSPS) is 13.4. The Morgan fingerprint density at radius 1 is 1.16 bits per heavy atom. The Bertz CT molecular complexity index is 1310. The maximum absolute atomic E-state index is 12.9. The number of aryl methyl sites for hydroxylation is 1. The molecule has 4 heterocycles. The molecule has 8 nitrogen and oxygen atoms in total. The minimum absolute atomic E-state index is 0.0477. The third-order valence-electron chi connectivity index (χ3n) is 5.21. The van der Waals surface area contributed by atoms with E-state index in [1.165, 1.54) is 11.8 Å². The Kier molecular flexibility index (Phi) is 5.27. The van der Waals surface area contributed by atoms with Crippen molar-refractivity contribution in [2.45, 2.75) is 37.7 Å². The molecular weight excluding hydrogens is 414 g/mol. The van der Waals surface area contributed by atoms with Gasteiger partial charge in [-0.1, -0.05) is 31.7 Å². The van der Waals surface area contributed by atoms with Crippen molar-refractivity contribution in [1.29, 1.82) is 0 Å². The average Bonchev–Trinajstić information content (AvgIpc) is 3.20. The maximum Gasteiger partial charge on any atom is 0.261 e. The standard InChI is InChI=1S/C22H23N5O3S/c1-14(2)5-7-26-8-6-17-16(20(26)28)12-23-21-24-22(25-27(17)21)31-13-15-3-4-18-19(11-15)30-10-9-29-18/h3-4,6,8,11-12,14H,5,7,9-10,13H2,1-2H3. The largest absolute Gasteiger partial charge is 0.486 e. The van der Waals surface area contributed by atoms with Crippen LogP contribution in [0.2, 0.25) is 0 Å². The molecule has 0 unspecified atom stereocenters. The highest BCUT2D eigenvalue weighted by molar-refractivity contribution is 7.98. The number of fused-ring (bicyclic) bond motifs is 4. The Hall–Kier alpha value is -3.07. The molecule has 1 aliphatic heterocycles. The predicted octanol–water partition coefficient (Wildman–Crippen LogP) is 3.55. The van der Waals surface area contributed by atoms with Gasteiger partial charge in [-0.2, -0.15) is 9.50 Å². The summed E-state index contributed by atoms with van der Waals surface area (Å²) in [7, 11) is 0. The van der Waals surface area contributed by atoms with Gasteiger partial charge >= 0.3 is 0 Å². The van der Waals surface area contributed by atoms with Gasteiger partial charge in [0.2, 0.25) is 5.16 Å². The van der Waals surface area contributed by atoms with Crippen LogP contribution in [0.5, 0.6) is 11.5 Å². The van der Waals surface area contributed by atoms with Crippen LogP contribution in [-0.2, 0) is 12.3 Å². The van der Waals surface area contributed by atoms with Gasteiger partial charge in [0, 0.05) is 24.7 Å². The molecule has 0 radical (unpaired) electrons. The second-order valence-electron chi connectivity index (χ2n) is 7.93. The van der Waals surface area contributed by atoms with Crippen LogP contribution < -0.4 is 15.0 Å². The molecule has 0 aliphatic carbocycles. The van der Waals surface area contributed by atoms with E-state index in [-0.39, 0.29) is 5.56 Å². The second-order valence-corrected chi connectivity index (χ2v) is 8.87. The highest BCUT2D eigenvalue weighted by Gasteiger charge is 2.14. The van der Waals surface area contributed by atoms with Crippen molar-refractivity contribution in [2.24, 2.45) is 5.92 Å². The van der Waals surface area contributed by atoms with E-state index >= 15 is 0 Å². The number of ether oxygens (including phenoxy) is 2. The fourth-order valence-corrected chi connectivity index (χ4v) is 4.26. The van der Waals surface area contributed by atoms with Gasteiger partial charge in [-0.25, -0.2) is 4.98 Å². The number of hydrogen-bond acceptors (Lipinski definition) is 7. The van der Waals surface area contributed by atoms with E-state index in [9.17, 15) is 4.79 Å². The molecule has 31 heavy (non-hydrogen) atoms. The smallest absolute Gasteiger partial charge is 0.261 e. The summed E-state index contributed by atoms with van der Waals surface area (Å²) in [5.41, 5.74) is 1.77. The zero-order valence-corrected chi connectivity index (χ0v) is 18.3. The summed E-state index contributed by atoms with van der Waals surface area (Å²) in [6, 6.07) is 7.85. The molecule has 160 valence electrons.